The Balaban J connectivity index is 1.62. The molecule has 3 aromatic carbocycles. The third-order valence-electron chi connectivity index (χ3n) is 7.70. The highest BCUT2D eigenvalue weighted by atomic mass is 16.3. The van der Waals surface area contributed by atoms with Crippen molar-refractivity contribution in [1.82, 2.24) is 4.98 Å². The van der Waals surface area contributed by atoms with Crippen molar-refractivity contribution in [2.24, 2.45) is 5.92 Å². The number of fused-ring (bicyclic) bond motifs is 3. The summed E-state index contributed by atoms with van der Waals surface area (Å²) in [5.41, 5.74) is 9.65. The van der Waals surface area contributed by atoms with Gasteiger partial charge in [-0.3, -0.25) is 0 Å². The Morgan fingerprint density at radius 2 is 1.66 bits per heavy atom. The van der Waals surface area contributed by atoms with Gasteiger partial charge in [0, 0.05) is 16.5 Å². The number of aryl methyl sites for hydroxylation is 2. The minimum absolute atomic E-state index is 0.000459. The van der Waals surface area contributed by atoms with Gasteiger partial charge < -0.3 is 8.83 Å². The number of hydrogen-bond donors (Lipinski definition) is 0. The molecule has 192 valence electrons. The molecule has 3 heteroatoms. The van der Waals surface area contributed by atoms with Gasteiger partial charge in [-0.1, -0.05) is 65.0 Å². The van der Waals surface area contributed by atoms with Crippen LogP contribution in [0.5, 0.6) is 0 Å². The molecule has 0 radical (unpaired) electrons. The molecule has 0 aliphatic carbocycles. The van der Waals surface area contributed by atoms with Crippen molar-refractivity contribution in [3.63, 3.8) is 0 Å². The van der Waals surface area contributed by atoms with Gasteiger partial charge in [0.2, 0.25) is 5.71 Å². The van der Waals surface area contributed by atoms with Crippen molar-refractivity contribution in [2.45, 2.75) is 60.3 Å². The number of benzene rings is 3. The molecular weight excluding hydrogens is 466 g/mol. The van der Waals surface area contributed by atoms with E-state index in [0.717, 1.165) is 51.1 Å². The zero-order valence-corrected chi connectivity index (χ0v) is 23.4. The van der Waals surface area contributed by atoms with Gasteiger partial charge in [0.05, 0.1) is 17.3 Å². The van der Waals surface area contributed by atoms with Crippen molar-refractivity contribution in [3.8, 4) is 22.4 Å². The predicted octanol–water partition coefficient (Wildman–Crippen LogP) is 10.2. The second-order valence-electron chi connectivity index (χ2n) is 12.1. The molecule has 38 heavy (non-hydrogen) atoms. The van der Waals surface area contributed by atoms with Crippen LogP contribution in [0.4, 0.5) is 0 Å². The van der Waals surface area contributed by atoms with E-state index >= 15 is 0 Å². The van der Waals surface area contributed by atoms with E-state index in [0.29, 0.717) is 11.6 Å². The lowest BCUT2D eigenvalue weighted by Crippen LogP contribution is -2.12. The minimum atomic E-state index is -0.000459. The smallest absolute Gasteiger partial charge is 0.227 e. The van der Waals surface area contributed by atoms with Crippen LogP contribution in [0, 0.1) is 19.8 Å². The third kappa shape index (κ3) is 4.11. The van der Waals surface area contributed by atoms with Crippen LogP contribution < -0.4 is 0 Å². The fourth-order valence-electron chi connectivity index (χ4n) is 5.66. The summed E-state index contributed by atoms with van der Waals surface area (Å²) in [6, 6.07) is 22.0. The molecule has 0 spiro atoms. The van der Waals surface area contributed by atoms with Crippen LogP contribution in [0.3, 0.4) is 0 Å². The van der Waals surface area contributed by atoms with Crippen LogP contribution in [0.25, 0.3) is 55.2 Å². The molecule has 0 saturated heterocycles. The number of nitrogens with zero attached hydrogens (tertiary/aromatic N) is 1. The van der Waals surface area contributed by atoms with Crippen molar-refractivity contribution < 1.29 is 8.83 Å². The Morgan fingerprint density at radius 3 is 2.42 bits per heavy atom. The maximum Gasteiger partial charge on any atom is 0.227 e. The quantitative estimate of drug-likeness (QED) is 0.241. The monoisotopic (exact) mass is 501 g/mol. The zero-order chi connectivity index (χ0) is 26.8. The first-order valence-electron chi connectivity index (χ1n) is 13.5. The Labute approximate surface area is 224 Å². The molecule has 0 aliphatic heterocycles. The van der Waals surface area contributed by atoms with E-state index in [1.807, 2.05) is 13.2 Å². The molecule has 0 unspecified atom stereocenters. The summed E-state index contributed by atoms with van der Waals surface area (Å²) >= 11 is 0. The lowest BCUT2D eigenvalue weighted by atomic mass is 9.82. The van der Waals surface area contributed by atoms with Gasteiger partial charge in [0.1, 0.15) is 11.3 Å². The standard InChI is InChI=1S/C35H35NO2/c1-20(2)14-26-19-37-32-13-12-24(16-28(26)32)29-18-31(36-34-33(29)21(3)22(4)38-34)25-15-23-10-8-9-11-27(23)30(17-25)35(5,6)7/h8-13,15-20H,14H2,1-7H3. The number of aromatic nitrogens is 1. The third-order valence-corrected chi connectivity index (χ3v) is 7.70. The molecule has 3 nitrogen and oxygen atoms in total. The molecule has 0 atom stereocenters. The summed E-state index contributed by atoms with van der Waals surface area (Å²) in [5.74, 6) is 1.46. The largest absolute Gasteiger partial charge is 0.464 e. The van der Waals surface area contributed by atoms with E-state index in [2.05, 4.69) is 102 Å². The van der Waals surface area contributed by atoms with E-state index in [-0.39, 0.29) is 5.41 Å². The highest BCUT2D eigenvalue weighted by Gasteiger charge is 2.21. The first-order valence-corrected chi connectivity index (χ1v) is 13.5. The van der Waals surface area contributed by atoms with Crippen molar-refractivity contribution >= 4 is 32.8 Å². The summed E-state index contributed by atoms with van der Waals surface area (Å²) in [4.78, 5) is 5.07. The van der Waals surface area contributed by atoms with Crippen molar-refractivity contribution in [2.75, 3.05) is 0 Å². The summed E-state index contributed by atoms with van der Waals surface area (Å²) in [7, 11) is 0. The van der Waals surface area contributed by atoms with Crippen molar-refractivity contribution in [3.05, 3.63) is 89.4 Å². The molecular formula is C35H35NO2. The molecule has 3 aromatic heterocycles. The molecule has 0 bridgehead atoms. The van der Waals surface area contributed by atoms with E-state index in [1.165, 1.54) is 27.3 Å². The summed E-state index contributed by atoms with van der Waals surface area (Å²) in [5, 5.41) is 4.78. The van der Waals surface area contributed by atoms with Crippen LogP contribution >= 0.6 is 0 Å². The second-order valence-corrected chi connectivity index (χ2v) is 12.1. The average Bonchev–Trinajstić information content (AvgIpc) is 3.41. The number of pyridine rings is 1. The van der Waals surface area contributed by atoms with Crippen LogP contribution in [0.2, 0.25) is 0 Å². The predicted molar refractivity (Wildman–Crippen MR) is 159 cm³/mol. The fraction of sp³-hybridized carbons (Fsp3) is 0.286. The van der Waals surface area contributed by atoms with Gasteiger partial charge in [0.15, 0.2) is 0 Å². The highest BCUT2D eigenvalue weighted by Crippen LogP contribution is 2.40. The van der Waals surface area contributed by atoms with Gasteiger partial charge in [-0.15, -0.1) is 0 Å². The molecule has 6 aromatic rings. The van der Waals surface area contributed by atoms with E-state index < -0.39 is 0 Å². The topological polar surface area (TPSA) is 39.2 Å². The normalized spacial score (nSPS) is 12.4. The number of rotatable bonds is 4. The first kappa shape index (κ1) is 24.5. The van der Waals surface area contributed by atoms with Gasteiger partial charge >= 0.3 is 0 Å². The maximum atomic E-state index is 6.23. The van der Waals surface area contributed by atoms with Crippen LogP contribution in [0.1, 0.15) is 57.1 Å². The molecule has 0 amide bonds. The lowest BCUT2D eigenvalue weighted by molar-refractivity contribution is 0.565. The number of hydrogen-bond acceptors (Lipinski definition) is 3. The fourth-order valence-corrected chi connectivity index (χ4v) is 5.66. The lowest BCUT2D eigenvalue weighted by Gasteiger charge is -2.23. The first-order chi connectivity index (χ1) is 18.1. The van der Waals surface area contributed by atoms with Gasteiger partial charge in [-0.2, -0.15) is 0 Å². The Bertz CT molecular complexity index is 1820. The van der Waals surface area contributed by atoms with Crippen LogP contribution in [0.15, 0.2) is 75.8 Å². The van der Waals surface area contributed by atoms with Crippen LogP contribution in [-0.2, 0) is 11.8 Å². The molecule has 3 heterocycles. The van der Waals surface area contributed by atoms with Crippen molar-refractivity contribution in [1.29, 1.82) is 0 Å². The Morgan fingerprint density at radius 1 is 0.868 bits per heavy atom. The molecule has 0 fully saturated rings. The van der Waals surface area contributed by atoms with E-state index in [9.17, 15) is 0 Å². The van der Waals surface area contributed by atoms with E-state index in [1.54, 1.807) is 0 Å². The summed E-state index contributed by atoms with van der Waals surface area (Å²) in [6.45, 7) is 15.5. The van der Waals surface area contributed by atoms with Crippen LogP contribution in [-0.4, -0.2) is 4.98 Å². The molecule has 0 saturated carbocycles. The SMILES string of the molecule is Cc1oc2nc(-c3cc(C(C)(C)C)c4ccccc4c3)cc(-c3ccc4occ(CC(C)C)c4c3)c2c1C. The van der Waals surface area contributed by atoms with E-state index in [4.69, 9.17) is 13.8 Å². The Hall–Kier alpha value is -3.85. The Kier molecular flexibility index (Phi) is 5.72. The number of furan rings is 2. The maximum absolute atomic E-state index is 6.23. The summed E-state index contributed by atoms with van der Waals surface area (Å²) < 4.78 is 12.1. The zero-order valence-electron chi connectivity index (χ0n) is 23.4. The average molecular weight is 502 g/mol. The minimum Gasteiger partial charge on any atom is -0.464 e. The van der Waals surface area contributed by atoms with Gasteiger partial charge in [0.25, 0.3) is 0 Å². The molecule has 0 N–H and O–H groups in total. The summed E-state index contributed by atoms with van der Waals surface area (Å²) in [6.07, 6.45) is 2.91. The van der Waals surface area contributed by atoms with Gasteiger partial charge in [-0.25, -0.2) is 4.98 Å². The second kappa shape index (κ2) is 8.87. The molecule has 0 aliphatic rings. The highest BCUT2D eigenvalue weighted by molar-refractivity contribution is 6.00. The van der Waals surface area contributed by atoms with Gasteiger partial charge in [-0.05, 0) is 95.0 Å². The molecule has 6 rings (SSSR count).